The van der Waals surface area contributed by atoms with Gasteiger partial charge in [0.25, 0.3) is 0 Å². The third kappa shape index (κ3) is 4.24. The van der Waals surface area contributed by atoms with Crippen molar-refractivity contribution in [1.29, 1.82) is 0 Å². The molecule has 7 nitrogen and oxygen atoms in total. The summed E-state index contributed by atoms with van der Waals surface area (Å²) >= 11 is 0. The molecule has 4 heterocycles. The summed E-state index contributed by atoms with van der Waals surface area (Å²) in [5.74, 6) is 2.40. The van der Waals surface area contributed by atoms with Crippen LogP contribution in [0.25, 0.3) is 0 Å². The van der Waals surface area contributed by atoms with E-state index in [-0.39, 0.29) is 6.10 Å². The molecule has 27 heavy (non-hydrogen) atoms. The number of nitrogens with one attached hydrogen (secondary N) is 1. The van der Waals surface area contributed by atoms with Crippen molar-refractivity contribution in [2.75, 3.05) is 29.9 Å². The predicted molar refractivity (Wildman–Crippen MR) is 106 cm³/mol. The SMILES string of the molecule is CC(C)[C@H]1OCCC[C@@H]1Nc1cc(N2CCC(n3ccnc3)CC2)ncn1. The normalized spacial score (nSPS) is 24.3. The van der Waals surface area contributed by atoms with Crippen molar-refractivity contribution in [3.05, 3.63) is 31.1 Å². The molecule has 0 amide bonds. The Labute approximate surface area is 161 Å². The van der Waals surface area contributed by atoms with Crippen LogP contribution in [-0.4, -0.2) is 51.4 Å². The maximum Gasteiger partial charge on any atom is 0.134 e. The highest BCUT2D eigenvalue weighted by molar-refractivity contribution is 5.49. The van der Waals surface area contributed by atoms with Crippen molar-refractivity contribution in [3.8, 4) is 0 Å². The second-order valence-corrected chi connectivity index (χ2v) is 7.96. The molecule has 1 N–H and O–H groups in total. The summed E-state index contributed by atoms with van der Waals surface area (Å²) in [6.07, 6.45) is 12.2. The number of imidazole rings is 1. The summed E-state index contributed by atoms with van der Waals surface area (Å²) in [5.41, 5.74) is 0. The van der Waals surface area contributed by atoms with Gasteiger partial charge >= 0.3 is 0 Å². The number of aromatic nitrogens is 4. The van der Waals surface area contributed by atoms with Crippen molar-refractivity contribution in [2.45, 2.75) is 57.7 Å². The van der Waals surface area contributed by atoms with Gasteiger partial charge in [-0.2, -0.15) is 0 Å². The van der Waals surface area contributed by atoms with Gasteiger partial charge in [0.1, 0.15) is 18.0 Å². The van der Waals surface area contributed by atoms with E-state index >= 15 is 0 Å². The van der Waals surface area contributed by atoms with Crippen LogP contribution >= 0.6 is 0 Å². The lowest BCUT2D eigenvalue weighted by molar-refractivity contribution is -0.0203. The maximum absolute atomic E-state index is 5.99. The number of ether oxygens (including phenoxy) is 1. The van der Waals surface area contributed by atoms with Crippen LogP contribution in [0, 0.1) is 5.92 Å². The summed E-state index contributed by atoms with van der Waals surface area (Å²) < 4.78 is 8.22. The van der Waals surface area contributed by atoms with Gasteiger partial charge in [-0.3, -0.25) is 0 Å². The fraction of sp³-hybridized carbons (Fsp3) is 0.650. The summed E-state index contributed by atoms with van der Waals surface area (Å²) in [6.45, 7) is 7.31. The van der Waals surface area contributed by atoms with Gasteiger partial charge in [-0.25, -0.2) is 15.0 Å². The Morgan fingerprint density at radius 3 is 2.78 bits per heavy atom. The first-order chi connectivity index (χ1) is 13.2. The Kier molecular flexibility index (Phi) is 5.57. The first kappa shape index (κ1) is 18.2. The highest BCUT2D eigenvalue weighted by Gasteiger charge is 2.29. The van der Waals surface area contributed by atoms with Gasteiger partial charge in [0.2, 0.25) is 0 Å². The van der Waals surface area contributed by atoms with Crippen molar-refractivity contribution >= 4 is 11.6 Å². The lowest BCUT2D eigenvalue weighted by atomic mass is 9.93. The average Bonchev–Trinajstić information content (AvgIpc) is 3.23. The average molecular weight is 371 g/mol. The van der Waals surface area contributed by atoms with Crippen LogP contribution in [0.5, 0.6) is 0 Å². The van der Waals surface area contributed by atoms with E-state index in [1.54, 1.807) is 6.33 Å². The van der Waals surface area contributed by atoms with Gasteiger partial charge in [0, 0.05) is 44.2 Å². The first-order valence-corrected chi connectivity index (χ1v) is 10.1. The van der Waals surface area contributed by atoms with Crippen molar-refractivity contribution in [1.82, 2.24) is 19.5 Å². The Morgan fingerprint density at radius 1 is 1.19 bits per heavy atom. The summed E-state index contributed by atoms with van der Waals surface area (Å²) in [5, 5.41) is 3.61. The minimum atomic E-state index is 0.239. The Hall–Kier alpha value is -2.15. The molecule has 2 saturated heterocycles. The van der Waals surface area contributed by atoms with Crippen molar-refractivity contribution in [2.24, 2.45) is 5.92 Å². The summed E-state index contributed by atoms with van der Waals surface area (Å²) in [7, 11) is 0. The van der Waals surface area contributed by atoms with Gasteiger partial charge in [0.05, 0.1) is 18.5 Å². The smallest absolute Gasteiger partial charge is 0.134 e. The third-order valence-electron chi connectivity index (χ3n) is 5.74. The molecule has 0 saturated carbocycles. The van der Waals surface area contributed by atoms with E-state index in [0.29, 0.717) is 18.0 Å². The third-order valence-corrected chi connectivity index (χ3v) is 5.74. The second kappa shape index (κ2) is 8.25. The summed E-state index contributed by atoms with van der Waals surface area (Å²) in [6, 6.07) is 2.94. The highest BCUT2D eigenvalue weighted by Crippen LogP contribution is 2.27. The molecule has 0 aromatic carbocycles. The molecule has 2 fully saturated rings. The molecule has 0 bridgehead atoms. The number of rotatable bonds is 5. The molecule has 2 aromatic heterocycles. The van der Waals surface area contributed by atoms with Crippen LogP contribution in [0.2, 0.25) is 0 Å². The van der Waals surface area contributed by atoms with Crippen LogP contribution in [0.1, 0.15) is 45.6 Å². The molecule has 2 aliphatic rings. The number of hydrogen-bond donors (Lipinski definition) is 1. The number of nitrogens with zero attached hydrogens (tertiary/aromatic N) is 5. The van der Waals surface area contributed by atoms with Crippen LogP contribution in [-0.2, 0) is 4.74 Å². The largest absolute Gasteiger partial charge is 0.376 e. The Balaban J connectivity index is 1.39. The van der Waals surface area contributed by atoms with Crippen LogP contribution in [0.15, 0.2) is 31.1 Å². The quantitative estimate of drug-likeness (QED) is 0.872. The molecule has 4 rings (SSSR count). The van der Waals surface area contributed by atoms with Crippen molar-refractivity contribution < 1.29 is 4.74 Å². The predicted octanol–water partition coefficient (Wildman–Crippen LogP) is 3.13. The van der Waals surface area contributed by atoms with Gasteiger partial charge in [0.15, 0.2) is 0 Å². The fourth-order valence-corrected chi connectivity index (χ4v) is 4.28. The van der Waals surface area contributed by atoms with Gasteiger partial charge in [-0.1, -0.05) is 13.8 Å². The molecular weight excluding hydrogens is 340 g/mol. The first-order valence-electron chi connectivity index (χ1n) is 10.1. The molecule has 2 aliphatic heterocycles. The van der Waals surface area contributed by atoms with E-state index < -0.39 is 0 Å². The molecule has 0 aliphatic carbocycles. The standard InChI is InChI=1S/C20H30N6O/c1-15(2)20-17(4-3-11-27-20)24-18-12-19(23-13-22-18)25-8-5-16(6-9-25)26-10-7-21-14-26/h7,10,12-17,20H,3-6,8-9,11H2,1-2H3,(H,22,23,24)/t17-,20+/m0/s1. The molecule has 2 aromatic rings. The van der Waals surface area contributed by atoms with E-state index in [2.05, 4.69) is 55.8 Å². The zero-order valence-electron chi connectivity index (χ0n) is 16.3. The van der Waals surface area contributed by atoms with E-state index in [1.807, 2.05) is 12.5 Å². The number of piperidine rings is 1. The number of hydrogen-bond acceptors (Lipinski definition) is 6. The van der Waals surface area contributed by atoms with E-state index in [0.717, 1.165) is 57.0 Å². The maximum atomic E-state index is 5.99. The second-order valence-electron chi connectivity index (χ2n) is 7.96. The van der Waals surface area contributed by atoms with Crippen LogP contribution < -0.4 is 10.2 Å². The zero-order chi connectivity index (χ0) is 18.6. The Bertz CT molecular complexity index is 711. The van der Waals surface area contributed by atoms with Gasteiger partial charge in [-0.15, -0.1) is 0 Å². The topological polar surface area (TPSA) is 68.1 Å². The lowest BCUT2D eigenvalue weighted by Gasteiger charge is -2.36. The van der Waals surface area contributed by atoms with E-state index in [1.165, 1.54) is 0 Å². The van der Waals surface area contributed by atoms with E-state index in [4.69, 9.17) is 4.74 Å². The van der Waals surface area contributed by atoms with Crippen LogP contribution in [0.3, 0.4) is 0 Å². The van der Waals surface area contributed by atoms with Gasteiger partial charge in [-0.05, 0) is 31.6 Å². The van der Waals surface area contributed by atoms with Crippen molar-refractivity contribution in [3.63, 3.8) is 0 Å². The zero-order valence-corrected chi connectivity index (χ0v) is 16.3. The summed E-state index contributed by atoms with van der Waals surface area (Å²) in [4.78, 5) is 15.5. The number of anilines is 2. The van der Waals surface area contributed by atoms with Crippen LogP contribution in [0.4, 0.5) is 11.6 Å². The monoisotopic (exact) mass is 370 g/mol. The molecular formula is C20H30N6O. The molecule has 7 heteroatoms. The molecule has 0 spiro atoms. The fourth-order valence-electron chi connectivity index (χ4n) is 4.28. The Morgan fingerprint density at radius 2 is 2.04 bits per heavy atom. The molecule has 0 unspecified atom stereocenters. The molecule has 0 radical (unpaired) electrons. The molecule has 2 atom stereocenters. The molecule has 146 valence electrons. The van der Waals surface area contributed by atoms with Gasteiger partial charge < -0.3 is 19.5 Å². The van der Waals surface area contributed by atoms with E-state index in [9.17, 15) is 0 Å². The minimum Gasteiger partial charge on any atom is -0.376 e. The minimum absolute atomic E-state index is 0.239. The highest BCUT2D eigenvalue weighted by atomic mass is 16.5. The lowest BCUT2D eigenvalue weighted by Crippen LogP contribution is -2.43.